The summed E-state index contributed by atoms with van der Waals surface area (Å²) in [5.74, 6) is 6.59. The van der Waals surface area contributed by atoms with Crippen LogP contribution < -0.4 is 4.90 Å². The summed E-state index contributed by atoms with van der Waals surface area (Å²) in [5.41, 5.74) is 8.05. The highest BCUT2D eigenvalue weighted by atomic mass is 15.2. The lowest BCUT2D eigenvalue weighted by Gasteiger charge is -2.29. The molecule has 0 aliphatic carbocycles. The van der Waals surface area contributed by atoms with Crippen LogP contribution in [-0.2, 0) is 6.54 Å². The van der Waals surface area contributed by atoms with Crippen LogP contribution in [-0.4, -0.2) is 11.4 Å². The fraction of sp³-hybridized carbons (Fsp3) is 0.200. The number of allylic oxidation sites excluding steroid dienone is 3. The zero-order chi connectivity index (χ0) is 23.5. The molecule has 4 rings (SSSR count). The van der Waals surface area contributed by atoms with Crippen molar-refractivity contribution in [3.8, 4) is 11.8 Å². The Morgan fingerprint density at radius 3 is 2.16 bits per heavy atom. The van der Waals surface area contributed by atoms with Gasteiger partial charge in [-0.25, -0.2) is 0 Å². The smallest absolute Gasteiger partial charge is 0.0570 e. The summed E-state index contributed by atoms with van der Waals surface area (Å²) in [4.78, 5) is 4.40. The Kier molecular flexibility index (Phi) is 9.39. The quantitative estimate of drug-likeness (QED) is 0.367. The maximum absolute atomic E-state index is 4.22. The number of nitrogens with zero attached hydrogens (tertiary/aromatic N) is 2. The van der Waals surface area contributed by atoms with Crippen molar-refractivity contribution in [2.45, 2.75) is 32.7 Å². The van der Waals surface area contributed by atoms with Gasteiger partial charge in [-0.2, -0.15) is 0 Å². The van der Waals surface area contributed by atoms with E-state index in [1.54, 1.807) is 0 Å². The van der Waals surface area contributed by atoms with Gasteiger partial charge in [-0.1, -0.05) is 74.9 Å². The molecule has 2 aromatic rings. The molecule has 0 amide bonds. The molecule has 0 radical (unpaired) electrons. The molecule has 0 spiro atoms. The summed E-state index contributed by atoms with van der Waals surface area (Å²) in [6.07, 6.45) is 4.94. The molecule has 2 aromatic carbocycles. The average molecular weight is 425 g/mol. The molecule has 2 nitrogen and oxygen atoms in total. The summed E-state index contributed by atoms with van der Waals surface area (Å²) < 4.78 is 0. The van der Waals surface area contributed by atoms with Gasteiger partial charge in [0.05, 0.1) is 5.69 Å². The van der Waals surface area contributed by atoms with Crippen LogP contribution in [0.1, 0.15) is 44.3 Å². The molecule has 1 saturated heterocycles. The van der Waals surface area contributed by atoms with Crippen molar-refractivity contribution in [1.29, 1.82) is 0 Å². The lowest BCUT2D eigenvalue weighted by atomic mass is 10.0. The first-order chi connectivity index (χ1) is 15.5. The van der Waals surface area contributed by atoms with Crippen molar-refractivity contribution in [2.24, 2.45) is 0 Å². The van der Waals surface area contributed by atoms with Crippen molar-refractivity contribution in [3.63, 3.8) is 0 Å². The van der Waals surface area contributed by atoms with E-state index in [1.807, 2.05) is 18.2 Å². The number of para-hydroxylation sites is 1. The summed E-state index contributed by atoms with van der Waals surface area (Å²) >= 11 is 0. The minimum Gasteiger partial charge on any atom is -0.346 e. The van der Waals surface area contributed by atoms with E-state index in [-0.39, 0.29) is 1.43 Å². The van der Waals surface area contributed by atoms with Gasteiger partial charge >= 0.3 is 0 Å². The normalized spacial score (nSPS) is 13.5. The predicted octanol–water partition coefficient (Wildman–Crippen LogP) is 7.67. The molecular formula is C30H36N2. The maximum atomic E-state index is 4.22. The Hall–Kier alpha value is -3.70. The third-order valence-corrected chi connectivity index (χ3v) is 5.44. The summed E-state index contributed by atoms with van der Waals surface area (Å²) in [5, 5.41) is 0. The van der Waals surface area contributed by atoms with E-state index in [0.29, 0.717) is 0 Å². The van der Waals surface area contributed by atoms with E-state index in [2.05, 4.69) is 104 Å². The molecule has 32 heavy (non-hydrogen) atoms. The van der Waals surface area contributed by atoms with Crippen molar-refractivity contribution >= 4 is 5.69 Å². The molecule has 0 N–H and O–H groups in total. The Morgan fingerprint density at radius 1 is 0.969 bits per heavy atom. The summed E-state index contributed by atoms with van der Waals surface area (Å²) in [6.45, 7) is 25.6. The van der Waals surface area contributed by atoms with Crippen LogP contribution in [0, 0.1) is 11.8 Å². The third kappa shape index (κ3) is 5.93. The molecule has 2 aliphatic heterocycles. The molecule has 0 bridgehead atoms. The third-order valence-electron chi connectivity index (χ3n) is 5.44. The lowest BCUT2D eigenvalue weighted by Crippen LogP contribution is -2.23. The van der Waals surface area contributed by atoms with Crippen LogP contribution in [0.3, 0.4) is 0 Å². The lowest BCUT2D eigenvalue weighted by molar-refractivity contribution is 0.511. The zero-order valence-electron chi connectivity index (χ0n) is 19.4. The van der Waals surface area contributed by atoms with Gasteiger partial charge < -0.3 is 9.80 Å². The van der Waals surface area contributed by atoms with E-state index in [9.17, 15) is 0 Å². The van der Waals surface area contributed by atoms with Gasteiger partial charge in [0.1, 0.15) is 0 Å². The second kappa shape index (κ2) is 12.2. The SMILES string of the molecule is C=C.C=C(CC)N1Cc2ccccc2C#Cc2ccccc21.C=CCN1C(=C)CCC1=C.[HH]. The Morgan fingerprint density at radius 2 is 1.53 bits per heavy atom. The molecule has 166 valence electrons. The van der Waals surface area contributed by atoms with E-state index >= 15 is 0 Å². The fourth-order valence-electron chi connectivity index (χ4n) is 3.63. The first-order valence-corrected chi connectivity index (χ1v) is 10.9. The number of fused-ring (bicyclic) bond motifs is 2. The van der Waals surface area contributed by atoms with Crippen LogP contribution in [0.2, 0.25) is 0 Å². The number of benzene rings is 2. The fourth-order valence-corrected chi connectivity index (χ4v) is 3.63. The standard InChI is InChI=1S/C19H17N.C9H13N.C2H4.H2/c1-3-15(2)20-14-18-10-5-4-8-16(18)12-13-17-9-6-7-11-19(17)20;1-4-7-10-8(2)5-6-9(10)3;1-2;/h4-11H,2-3,14H2,1H3;4H,1-3,5-7H2;1-2H2;1H. The largest absolute Gasteiger partial charge is 0.346 e. The van der Waals surface area contributed by atoms with Gasteiger partial charge in [0, 0.05) is 42.7 Å². The van der Waals surface area contributed by atoms with E-state index < -0.39 is 0 Å². The van der Waals surface area contributed by atoms with Crippen LogP contribution in [0.25, 0.3) is 0 Å². The molecule has 0 unspecified atom stereocenters. The molecule has 2 heteroatoms. The van der Waals surface area contributed by atoms with E-state index in [1.165, 1.54) is 17.0 Å². The predicted molar refractivity (Wildman–Crippen MR) is 142 cm³/mol. The second-order valence-corrected chi connectivity index (χ2v) is 7.46. The summed E-state index contributed by atoms with van der Waals surface area (Å²) in [7, 11) is 0. The average Bonchev–Trinajstić information content (AvgIpc) is 3.14. The Labute approximate surface area is 196 Å². The van der Waals surface area contributed by atoms with E-state index in [0.717, 1.165) is 54.9 Å². The zero-order valence-corrected chi connectivity index (χ0v) is 19.4. The van der Waals surface area contributed by atoms with Crippen LogP contribution >= 0.6 is 0 Å². The second-order valence-electron chi connectivity index (χ2n) is 7.46. The number of anilines is 1. The van der Waals surface area contributed by atoms with Crippen LogP contribution in [0.15, 0.2) is 111 Å². The van der Waals surface area contributed by atoms with Gasteiger partial charge in [0.2, 0.25) is 0 Å². The van der Waals surface area contributed by atoms with Gasteiger partial charge in [0.25, 0.3) is 0 Å². The maximum Gasteiger partial charge on any atom is 0.0570 e. The van der Waals surface area contributed by atoms with Gasteiger partial charge in [-0.3, -0.25) is 0 Å². The molecule has 2 heterocycles. The highest BCUT2D eigenvalue weighted by Crippen LogP contribution is 2.29. The minimum atomic E-state index is 0. The molecule has 0 saturated carbocycles. The monoisotopic (exact) mass is 424 g/mol. The first kappa shape index (κ1) is 24.6. The molecule has 0 aromatic heterocycles. The molecular weight excluding hydrogens is 388 g/mol. The van der Waals surface area contributed by atoms with Gasteiger partial charge in [-0.15, -0.1) is 19.7 Å². The van der Waals surface area contributed by atoms with Crippen LogP contribution in [0.4, 0.5) is 5.69 Å². The molecule has 0 atom stereocenters. The summed E-state index contributed by atoms with van der Waals surface area (Å²) in [6, 6.07) is 16.6. The number of hydrogen-bond acceptors (Lipinski definition) is 2. The van der Waals surface area contributed by atoms with E-state index in [4.69, 9.17) is 0 Å². The molecule has 1 fully saturated rings. The highest BCUT2D eigenvalue weighted by molar-refractivity contribution is 5.66. The highest BCUT2D eigenvalue weighted by Gasteiger charge is 2.17. The van der Waals surface area contributed by atoms with Gasteiger partial charge in [-0.05, 0) is 43.0 Å². The number of hydrogen-bond donors (Lipinski definition) is 0. The minimum absolute atomic E-state index is 0. The Bertz CT molecular complexity index is 1040. The van der Waals surface area contributed by atoms with Crippen molar-refractivity contribution in [3.05, 3.63) is 128 Å². The Balaban J connectivity index is 0.000000356. The first-order valence-electron chi connectivity index (χ1n) is 10.9. The van der Waals surface area contributed by atoms with Crippen molar-refractivity contribution in [2.75, 3.05) is 11.4 Å². The topological polar surface area (TPSA) is 6.48 Å². The molecule has 2 aliphatic rings. The van der Waals surface area contributed by atoms with Crippen molar-refractivity contribution in [1.82, 2.24) is 4.90 Å². The van der Waals surface area contributed by atoms with Crippen LogP contribution in [0.5, 0.6) is 0 Å². The van der Waals surface area contributed by atoms with Crippen molar-refractivity contribution < 1.29 is 1.43 Å². The van der Waals surface area contributed by atoms with Gasteiger partial charge in [0.15, 0.2) is 0 Å². The number of rotatable bonds is 4. The number of likely N-dealkylation sites (tertiary alicyclic amines) is 1.